The van der Waals surface area contributed by atoms with Crippen LogP contribution in [0.2, 0.25) is 0 Å². The van der Waals surface area contributed by atoms with Crippen molar-refractivity contribution in [3.63, 3.8) is 0 Å². The van der Waals surface area contributed by atoms with E-state index in [2.05, 4.69) is 12.1 Å². The Hall–Kier alpha value is -2.30. The fourth-order valence-electron chi connectivity index (χ4n) is 4.47. The zero-order chi connectivity index (χ0) is 17.9. The quantitative estimate of drug-likeness (QED) is 0.774. The van der Waals surface area contributed by atoms with E-state index in [-0.39, 0.29) is 36.2 Å². The number of benzene rings is 1. The first kappa shape index (κ1) is 17.1. The van der Waals surface area contributed by atoms with Gasteiger partial charge in [0.1, 0.15) is 12.2 Å². The highest BCUT2D eigenvalue weighted by Gasteiger charge is 2.40. The molecule has 5 nitrogen and oxygen atoms in total. The average Bonchev–Trinajstić information content (AvgIpc) is 3.31. The van der Waals surface area contributed by atoms with Gasteiger partial charge in [0.25, 0.3) is 0 Å². The molecule has 26 heavy (non-hydrogen) atoms. The predicted molar refractivity (Wildman–Crippen MR) is 96.7 cm³/mol. The van der Waals surface area contributed by atoms with E-state index in [1.165, 1.54) is 18.1 Å². The molecule has 2 heterocycles. The molecule has 0 N–H and O–H groups in total. The van der Waals surface area contributed by atoms with Crippen molar-refractivity contribution in [3.8, 4) is 0 Å². The van der Waals surface area contributed by atoms with E-state index in [0.717, 1.165) is 32.1 Å². The molecular formula is C21H25NO4. The van der Waals surface area contributed by atoms with Gasteiger partial charge in [0, 0.05) is 18.5 Å². The number of hydrogen-bond acceptors (Lipinski definition) is 4. The first-order chi connectivity index (χ1) is 12.7. The van der Waals surface area contributed by atoms with Gasteiger partial charge in [0.05, 0.1) is 6.04 Å². The standard InChI is InChI=1S/C21H25NO4/c23-20-13-12-19(25-20)17-10-6-14-22(17)21(24)26-18-11-5-4-9-16(18)15-7-2-1-3-8-15/h1-3,7-8,12-13,16-19H,4-6,9-11,14H2/t16-,17+,18+,19+/m0/s1. The van der Waals surface area contributed by atoms with Crippen molar-refractivity contribution in [1.82, 2.24) is 4.90 Å². The summed E-state index contributed by atoms with van der Waals surface area (Å²) in [6.45, 7) is 0.661. The second-order valence-electron chi connectivity index (χ2n) is 7.39. The van der Waals surface area contributed by atoms with Crippen molar-refractivity contribution in [2.75, 3.05) is 6.54 Å². The summed E-state index contributed by atoms with van der Waals surface area (Å²) in [5.41, 5.74) is 1.25. The van der Waals surface area contributed by atoms with Crippen LogP contribution in [0.25, 0.3) is 0 Å². The van der Waals surface area contributed by atoms with E-state index in [0.29, 0.717) is 6.54 Å². The Labute approximate surface area is 154 Å². The lowest BCUT2D eigenvalue weighted by atomic mass is 9.81. The molecule has 4 rings (SSSR count). The molecule has 0 spiro atoms. The maximum Gasteiger partial charge on any atom is 0.410 e. The number of nitrogens with zero attached hydrogens (tertiary/aromatic N) is 1. The Morgan fingerprint density at radius 1 is 1.08 bits per heavy atom. The maximum atomic E-state index is 12.9. The van der Waals surface area contributed by atoms with Crippen molar-refractivity contribution in [1.29, 1.82) is 0 Å². The van der Waals surface area contributed by atoms with Gasteiger partial charge in [-0.25, -0.2) is 9.59 Å². The Morgan fingerprint density at radius 3 is 2.65 bits per heavy atom. The summed E-state index contributed by atoms with van der Waals surface area (Å²) in [7, 11) is 0. The Balaban J connectivity index is 1.44. The van der Waals surface area contributed by atoms with Gasteiger partial charge in [-0.1, -0.05) is 36.8 Å². The summed E-state index contributed by atoms with van der Waals surface area (Å²) in [5.74, 6) is -0.0641. The third-order valence-corrected chi connectivity index (χ3v) is 5.77. The van der Waals surface area contributed by atoms with E-state index >= 15 is 0 Å². The van der Waals surface area contributed by atoms with Crippen LogP contribution < -0.4 is 0 Å². The average molecular weight is 355 g/mol. The second-order valence-corrected chi connectivity index (χ2v) is 7.39. The number of rotatable bonds is 3. The molecule has 2 aliphatic heterocycles. The molecule has 0 bridgehead atoms. The van der Waals surface area contributed by atoms with E-state index in [1.807, 2.05) is 18.2 Å². The zero-order valence-electron chi connectivity index (χ0n) is 14.9. The molecule has 0 unspecified atom stereocenters. The third-order valence-electron chi connectivity index (χ3n) is 5.77. The van der Waals surface area contributed by atoms with E-state index in [9.17, 15) is 9.59 Å². The number of esters is 1. The van der Waals surface area contributed by atoms with Crippen molar-refractivity contribution in [2.45, 2.75) is 62.7 Å². The molecule has 0 radical (unpaired) electrons. The molecule has 1 aliphatic carbocycles. The number of likely N-dealkylation sites (tertiary alicyclic amines) is 1. The van der Waals surface area contributed by atoms with E-state index in [1.54, 1.807) is 11.0 Å². The molecule has 3 aliphatic rings. The number of cyclic esters (lactones) is 1. The largest absolute Gasteiger partial charge is 0.453 e. The first-order valence-electron chi connectivity index (χ1n) is 9.63. The van der Waals surface area contributed by atoms with Gasteiger partial charge in [-0.3, -0.25) is 0 Å². The van der Waals surface area contributed by atoms with Gasteiger partial charge in [-0.15, -0.1) is 0 Å². The third kappa shape index (κ3) is 3.48. The molecule has 2 fully saturated rings. The van der Waals surface area contributed by atoms with Gasteiger partial charge < -0.3 is 14.4 Å². The van der Waals surface area contributed by atoms with Crippen molar-refractivity contribution in [3.05, 3.63) is 48.0 Å². The predicted octanol–water partition coefficient (Wildman–Crippen LogP) is 3.80. The Bertz CT molecular complexity index is 687. The van der Waals surface area contributed by atoms with Crippen LogP contribution in [0.3, 0.4) is 0 Å². The summed E-state index contributed by atoms with van der Waals surface area (Å²) in [4.78, 5) is 26.0. The van der Waals surface area contributed by atoms with Gasteiger partial charge in [0.15, 0.2) is 0 Å². The fourth-order valence-corrected chi connectivity index (χ4v) is 4.47. The van der Waals surface area contributed by atoms with Crippen molar-refractivity contribution >= 4 is 12.1 Å². The topological polar surface area (TPSA) is 55.8 Å². The van der Waals surface area contributed by atoms with Crippen LogP contribution in [0, 0.1) is 0 Å². The van der Waals surface area contributed by atoms with E-state index < -0.39 is 0 Å². The van der Waals surface area contributed by atoms with E-state index in [4.69, 9.17) is 9.47 Å². The molecule has 1 amide bonds. The minimum Gasteiger partial charge on any atom is -0.453 e. The number of ether oxygens (including phenoxy) is 2. The smallest absolute Gasteiger partial charge is 0.410 e. The van der Waals surface area contributed by atoms with Crippen LogP contribution in [-0.2, 0) is 14.3 Å². The molecular weight excluding hydrogens is 330 g/mol. The van der Waals surface area contributed by atoms with Crippen LogP contribution in [0.4, 0.5) is 4.79 Å². The molecule has 138 valence electrons. The lowest BCUT2D eigenvalue weighted by Gasteiger charge is -2.34. The summed E-state index contributed by atoms with van der Waals surface area (Å²) in [6.07, 6.45) is 8.48. The summed E-state index contributed by atoms with van der Waals surface area (Å²) >= 11 is 0. The van der Waals surface area contributed by atoms with Gasteiger partial charge in [-0.2, -0.15) is 0 Å². The monoisotopic (exact) mass is 355 g/mol. The van der Waals surface area contributed by atoms with Crippen molar-refractivity contribution in [2.24, 2.45) is 0 Å². The van der Waals surface area contributed by atoms with Crippen LogP contribution in [0.1, 0.15) is 50.0 Å². The minimum atomic E-state index is -0.339. The molecule has 1 aromatic carbocycles. The summed E-state index contributed by atoms with van der Waals surface area (Å²) < 4.78 is 11.3. The summed E-state index contributed by atoms with van der Waals surface area (Å²) in [6, 6.07) is 10.2. The lowest BCUT2D eigenvalue weighted by molar-refractivity contribution is -0.140. The van der Waals surface area contributed by atoms with Gasteiger partial charge >= 0.3 is 12.1 Å². The number of carbonyl (C=O) groups excluding carboxylic acids is 2. The SMILES string of the molecule is O=C1C=C[C@H]([C@H]2CCCN2C(=O)O[C@@H]2CCCC[C@H]2c2ccccc2)O1. The first-order valence-corrected chi connectivity index (χ1v) is 9.63. The maximum absolute atomic E-state index is 12.9. The highest BCUT2D eigenvalue weighted by molar-refractivity contribution is 5.84. The van der Waals surface area contributed by atoms with Crippen LogP contribution in [0.5, 0.6) is 0 Å². The fraction of sp³-hybridized carbons (Fsp3) is 0.524. The molecule has 5 heteroatoms. The Kier molecular flexibility index (Phi) is 4.96. The molecule has 1 aromatic rings. The number of hydrogen-bond donors (Lipinski definition) is 0. The Morgan fingerprint density at radius 2 is 1.88 bits per heavy atom. The van der Waals surface area contributed by atoms with Crippen molar-refractivity contribution < 1.29 is 19.1 Å². The molecule has 4 atom stereocenters. The molecule has 1 saturated carbocycles. The number of carbonyl (C=O) groups is 2. The normalized spacial score (nSPS) is 31.1. The highest BCUT2D eigenvalue weighted by atomic mass is 16.6. The lowest BCUT2D eigenvalue weighted by Crippen LogP contribution is -2.44. The molecule has 1 saturated heterocycles. The van der Waals surface area contributed by atoms with Gasteiger partial charge in [-0.05, 0) is 43.7 Å². The zero-order valence-corrected chi connectivity index (χ0v) is 14.9. The van der Waals surface area contributed by atoms with Crippen LogP contribution in [0.15, 0.2) is 42.5 Å². The van der Waals surface area contributed by atoms with Crippen LogP contribution >= 0.6 is 0 Å². The van der Waals surface area contributed by atoms with Gasteiger partial charge in [0.2, 0.25) is 0 Å². The highest BCUT2D eigenvalue weighted by Crippen LogP contribution is 2.36. The second kappa shape index (κ2) is 7.52. The number of amides is 1. The minimum absolute atomic E-state index is 0.0819. The molecule has 0 aromatic heterocycles. The summed E-state index contributed by atoms with van der Waals surface area (Å²) in [5, 5.41) is 0. The van der Waals surface area contributed by atoms with Crippen LogP contribution in [-0.4, -0.2) is 41.8 Å².